The molecule has 1 saturated heterocycles. The van der Waals surface area contributed by atoms with Crippen LogP contribution in [0.15, 0.2) is 80.2 Å². The van der Waals surface area contributed by atoms with Crippen molar-refractivity contribution in [3.05, 3.63) is 76.9 Å². The van der Waals surface area contributed by atoms with E-state index < -0.39 is 17.1 Å². The van der Waals surface area contributed by atoms with Crippen molar-refractivity contribution in [2.75, 3.05) is 11.9 Å². The Labute approximate surface area is 202 Å². The zero-order chi connectivity index (χ0) is 23.7. The number of para-hydroxylation sites is 2. The summed E-state index contributed by atoms with van der Waals surface area (Å²) in [6, 6.07) is 18.4. The highest BCUT2D eigenvalue weighted by Crippen LogP contribution is 2.34. The number of furan rings is 1. The molecule has 8 nitrogen and oxygen atoms in total. The number of benzene rings is 2. The van der Waals surface area contributed by atoms with Crippen LogP contribution in [0.1, 0.15) is 11.3 Å². The van der Waals surface area contributed by atoms with Gasteiger partial charge in [-0.3, -0.25) is 19.3 Å². The number of nitrogens with zero attached hydrogens (tertiary/aromatic N) is 2. The van der Waals surface area contributed by atoms with Gasteiger partial charge in [0.1, 0.15) is 12.3 Å². The Bertz CT molecular complexity index is 1410. The first-order valence-electron chi connectivity index (χ1n) is 10.3. The minimum atomic E-state index is -0.531. The number of H-pyrrole nitrogens is 1. The molecule has 0 unspecified atom stereocenters. The number of thioether (sulfide) groups is 1. The molecule has 4 aromatic rings. The topological polar surface area (TPSA) is 108 Å². The number of aryl methyl sites for hydroxylation is 1. The van der Waals surface area contributed by atoms with E-state index >= 15 is 0 Å². The number of hydrogen-bond acceptors (Lipinski definition) is 7. The number of rotatable bonds is 6. The number of hydrogen-bond donors (Lipinski definition) is 2. The van der Waals surface area contributed by atoms with E-state index in [1.165, 1.54) is 17.8 Å². The smallest absolute Gasteiger partial charge is 0.294 e. The Morgan fingerprint density at radius 3 is 2.74 bits per heavy atom. The number of amides is 3. The van der Waals surface area contributed by atoms with E-state index in [1.807, 2.05) is 43.3 Å². The summed E-state index contributed by atoms with van der Waals surface area (Å²) in [6.45, 7) is 1.58. The minimum Gasteiger partial charge on any atom is -0.450 e. The van der Waals surface area contributed by atoms with Gasteiger partial charge in [0.2, 0.25) is 5.91 Å². The SMILES string of the molecule is Cc1ccc(NC(=O)CN2C(=O)SC(=Cc3ccc(Sc4nc5ccccc5[nH]4)o3)C2=O)cc1. The normalized spacial score (nSPS) is 15.0. The second kappa shape index (κ2) is 9.24. The number of carbonyl (C=O) groups excluding carboxylic acids is 3. The first-order valence-corrected chi connectivity index (χ1v) is 11.9. The molecule has 10 heteroatoms. The van der Waals surface area contributed by atoms with Crippen molar-refractivity contribution in [3.8, 4) is 0 Å². The average molecular weight is 491 g/mol. The fourth-order valence-electron chi connectivity index (χ4n) is 3.29. The van der Waals surface area contributed by atoms with E-state index in [2.05, 4.69) is 15.3 Å². The lowest BCUT2D eigenvalue weighted by Crippen LogP contribution is -2.36. The number of anilines is 1. The fraction of sp³-hybridized carbons (Fsp3) is 0.0833. The Morgan fingerprint density at radius 2 is 1.94 bits per heavy atom. The molecule has 0 bridgehead atoms. The standard InChI is InChI=1S/C24H18N4O4S2/c1-14-6-8-15(9-7-14)25-20(29)13-28-22(30)19(33-24(28)31)12-16-10-11-21(32-16)34-23-26-17-4-2-3-5-18(17)27-23/h2-12H,13H2,1H3,(H,25,29)(H,26,27). The summed E-state index contributed by atoms with van der Waals surface area (Å²) in [6.07, 6.45) is 1.51. The molecule has 2 aromatic heterocycles. The molecule has 0 aliphatic carbocycles. The highest BCUT2D eigenvalue weighted by Gasteiger charge is 2.36. The van der Waals surface area contributed by atoms with Crippen molar-refractivity contribution >= 4 is 63.4 Å². The number of fused-ring (bicyclic) bond motifs is 1. The van der Waals surface area contributed by atoms with Gasteiger partial charge >= 0.3 is 0 Å². The number of nitrogens with one attached hydrogen (secondary N) is 2. The van der Waals surface area contributed by atoms with Crippen LogP contribution in [0.25, 0.3) is 17.1 Å². The molecular formula is C24H18N4O4S2. The third-order valence-electron chi connectivity index (χ3n) is 4.95. The molecule has 0 radical (unpaired) electrons. The van der Waals surface area contributed by atoms with Gasteiger partial charge in [-0.1, -0.05) is 29.8 Å². The van der Waals surface area contributed by atoms with Gasteiger partial charge in [-0.25, -0.2) is 4.98 Å². The van der Waals surface area contributed by atoms with Gasteiger partial charge < -0.3 is 14.7 Å². The van der Waals surface area contributed by atoms with Gasteiger partial charge in [-0.05, 0) is 66.8 Å². The summed E-state index contributed by atoms with van der Waals surface area (Å²) in [4.78, 5) is 46.2. The molecule has 2 N–H and O–H groups in total. The second-order valence-electron chi connectivity index (χ2n) is 7.50. The predicted molar refractivity (Wildman–Crippen MR) is 131 cm³/mol. The fourth-order valence-corrected chi connectivity index (χ4v) is 4.87. The van der Waals surface area contributed by atoms with Crippen molar-refractivity contribution in [1.82, 2.24) is 14.9 Å². The predicted octanol–water partition coefficient (Wildman–Crippen LogP) is 5.29. The van der Waals surface area contributed by atoms with Crippen LogP contribution in [-0.4, -0.2) is 38.5 Å². The summed E-state index contributed by atoms with van der Waals surface area (Å²) in [7, 11) is 0. The van der Waals surface area contributed by atoms with Crippen molar-refractivity contribution in [3.63, 3.8) is 0 Å². The third kappa shape index (κ3) is 4.78. The summed E-state index contributed by atoms with van der Waals surface area (Å²) in [5.41, 5.74) is 3.45. The monoisotopic (exact) mass is 490 g/mol. The molecule has 0 atom stereocenters. The number of carbonyl (C=O) groups is 3. The molecule has 34 heavy (non-hydrogen) atoms. The number of aromatic amines is 1. The summed E-state index contributed by atoms with van der Waals surface area (Å²) in [5.74, 6) is -0.555. The van der Waals surface area contributed by atoms with Crippen molar-refractivity contribution in [1.29, 1.82) is 0 Å². The number of imidazole rings is 1. The molecule has 0 saturated carbocycles. The molecular weight excluding hydrogens is 472 g/mol. The van der Waals surface area contributed by atoms with Crippen LogP contribution in [0.2, 0.25) is 0 Å². The van der Waals surface area contributed by atoms with Gasteiger partial charge in [-0.15, -0.1) is 0 Å². The highest BCUT2D eigenvalue weighted by molar-refractivity contribution is 8.18. The maximum Gasteiger partial charge on any atom is 0.294 e. The maximum atomic E-state index is 12.7. The van der Waals surface area contributed by atoms with Crippen molar-refractivity contribution in [2.24, 2.45) is 0 Å². The lowest BCUT2D eigenvalue weighted by Gasteiger charge is -2.12. The largest absolute Gasteiger partial charge is 0.450 e. The van der Waals surface area contributed by atoms with Crippen LogP contribution in [0.3, 0.4) is 0 Å². The van der Waals surface area contributed by atoms with Gasteiger partial charge in [0.25, 0.3) is 11.1 Å². The Balaban J connectivity index is 1.24. The van der Waals surface area contributed by atoms with E-state index in [0.29, 0.717) is 21.7 Å². The number of imide groups is 1. The van der Waals surface area contributed by atoms with Crippen LogP contribution < -0.4 is 5.32 Å². The Morgan fingerprint density at radius 1 is 1.15 bits per heavy atom. The second-order valence-corrected chi connectivity index (χ2v) is 9.49. The Hall–Kier alpha value is -3.76. The van der Waals surface area contributed by atoms with Gasteiger partial charge in [0, 0.05) is 11.8 Å². The van der Waals surface area contributed by atoms with Crippen molar-refractivity contribution in [2.45, 2.75) is 17.2 Å². The maximum absolute atomic E-state index is 12.7. The van der Waals surface area contributed by atoms with Crippen LogP contribution in [0.5, 0.6) is 0 Å². The molecule has 1 fully saturated rings. The van der Waals surface area contributed by atoms with E-state index in [-0.39, 0.29) is 11.4 Å². The molecule has 1 aliphatic rings. The molecule has 3 amide bonds. The lowest BCUT2D eigenvalue weighted by atomic mass is 10.2. The zero-order valence-corrected chi connectivity index (χ0v) is 19.5. The van der Waals surface area contributed by atoms with E-state index in [0.717, 1.165) is 33.3 Å². The Kier molecular flexibility index (Phi) is 5.99. The summed E-state index contributed by atoms with van der Waals surface area (Å²) >= 11 is 2.10. The van der Waals surface area contributed by atoms with Gasteiger partial charge in [0.05, 0.1) is 15.9 Å². The van der Waals surface area contributed by atoms with Crippen LogP contribution in [-0.2, 0) is 9.59 Å². The van der Waals surface area contributed by atoms with E-state index in [4.69, 9.17) is 4.42 Å². The molecule has 1 aliphatic heterocycles. The molecule has 170 valence electrons. The molecule has 0 spiro atoms. The van der Waals surface area contributed by atoms with Crippen LogP contribution in [0.4, 0.5) is 10.5 Å². The lowest BCUT2D eigenvalue weighted by molar-refractivity contribution is -0.127. The van der Waals surface area contributed by atoms with Crippen LogP contribution >= 0.6 is 23.5 Å². The molecule has 3 heterocycles. The molecule has 5 rings (SSSR count). The van der Waals surface area contributed by atoms with Crippen molar-refractivity contribution < 1.29 is 18.8 Å². The number of aromatic nitrogens is 2. The minimum absolute atomic E-state index is 0.197. The first-order chi connectivity index (χ1) is 16.4. The van der Waals surface area contributed by atoms with Gasteiger partial charge in [-0.2, -0.15) is 0 Å². The van der Waals surface area contributed by atoms with Gasteiger partial charge in [0.15, 0.2) is 10.2 Å². The summed E-state index contributed by atoms with van der Waals surface area (Å²) < 4.78 is 5.79. The zero-order valence-electron chi connectivity index (χ0n) is 17.9. The summed E-state index contributed by atoms with van der Waals surface area (Å²) in [5, 5.41) is 3.46. The van der Waals surface area contributed by atoms with Crippen LogP contribution in [0, 0.1) is 6.92 Å². The highest BCUT2D eigenvalue weighted by atomic mass is 32.2. The average Bonchev–Trinajstić information content (AvgIpc) is 3.50. The first kappa shape index (κ1) is 22.1. The third-order valence-corrected chi connectivity index (χ3v) is 6.67. The molecule has 2 aromatic carbocycles. The van der Waals surface area contributed by atoms with E-state index in [1.54, 1.807) is 24.3 Å². The van der Waals surface area contributed by atoms with E-state index in [9.17, 15) is 14.4 Å². The quantitative estimate of drug-likeness (QED) is 0.354.